The fraction of sp³-hybridized carbons (Fsp3) is 0.263. The Kier molecular flexibility index (Phi) is 6.38. The van der Waals surface area contributed by atoms with Crippen LogP contribution >= 0.6 is 11.6 Å². The molecule has 2 aromatic carbocycles. The van der Waals surface area contributed by atoms with E-state index >= 15 is 0 Å². The van der Waals surface area contributed by atoms with E-state index in [9.17, 15) is 9.59 Å². The Bertz CT molecular complexity index is 686. The zero-order valence-corrected chi connectivity index (χ0v) is 14.5. The van der Waals surface area contributed by atoms with Crippen LogP contribution in [-0.2, 0) is 9.59 Å². The van der Waals surface area contributed by atoms with E-state index in [-0.39, 0.29) is 30.3 Å². The number of benzene rings is 2. The quantitative estimate of drug-likeness (QED) is 0.837. The smallest absolute Gasteiger partial charge is 0.222 e. The minimum atomic E-state index is -0.346. The van der Waals surface area contributed by atoms with E-state index in [0.717, 1.165) is 11.1 Å². The number of carbonyl (C=O) groups excluding carboxylic acids is 2. The molecule has 0 heterocycles. The van der Waals surface area contributed by atoms with Gasteiger partial charge >= 0.3 is 0 Å². The van der Waals surface area contributed by atoms with Crippen molar-refractivity contribution in [3.05, 3.63) is 70.7 Å². The maximum absolute atomic E-state index is 12.4. The minimum absolute atomic E-state index is 0.125. The Labute approximate surface area is 147 Å². The molecule has 0 saturated heterocycles. The van der Waals surface area contributed by atoms with Gasteiger partial charge in [0.05, 0.1) is 18.5 Å². The average Bonchev–Trinajstić information content (AvgIpc) is 2.55. The van der Waals surface area contributed by atoms with Crippen molar-refractivity contribution in [2.75, 3.05) is 0 Å². The molecule has 0 aromatic heterocycles. The van der Waals surface area contributed by atoms with E-state index < -0.39 is 0 Å². The zero-order valence-electron chi connectivity index (χ0n) is 13.8. The third-order valence-corrected chi connectivity index (χ3v) is 3.97. The van der Waals surface area contributed by atoms with Crippen LogP contribution in [0.1, 0.15) is 43.5 Å². The number of carbonyl (C=O) groups is 2. The number of halogens is 1. The molecule has 2 rings (SSSR count). The van der Waals surface area contributed by atoms with Gasteiger partial charge in [-0.15, -0.1) is 0 Å². The second-order valence-electron chi connectivity index (χ2n) is 5.71. The lowest BCUT2D eigenvalue weighted by molar-refractivity contribution is -0.123. The number of amides is 2. The van der Waals surface area contributed by atoms with E-state index in [1.807, 2.05) is 49.4 Å². The molecule has 0 saturated carbocycles. The van der Waals surface area contributed by atoms with Gasteiger partial charge in [-0.05, 0) is 30.2 Å². The summed E-state index contributed by atoms with van der Waals surface area (Å²) in [5, 5.41) is 6.45. The van der Waals surface area contributed by atoms with E-state index in [1.54, 1.807) is 12.1 Å². The fourth-order valence-electron chi connectivity index (χ4n) is 2.50. The van der Waals surface area contributed by atoms with Crippen LogP contribution in [0.3, 0.4) is 0 Å². The summed E-state index contributed by atoms with van der Waals surface area (Å²) in [5.41, 5.74) is 1.88. The molecule has 0 aliphatic heterocycles. The highest BCUT2D eigenvalue weighted by atomic mass is 35.5. The minimum Gasteiger partial charge on any atom is -0.350 e. The highest BCUT2D eigenvalue weighted by molar-refractivity contribution is 6.30. The van der Waals surface area contributed by atoms with Gasteiger partial charge in [0, 0.05) is 11.9 Å². The largest absolute Gasteiger partial charge is 0.350 e. The van der Waals surface area contributed by atoms with Crippen molar-refractivity contribution in [3.63, 3.8) is 0 Å². The van der Waals surface area contributed by atoms with Crippen LogP contribution in [-0.4, -0.2) is 11.8 Å². The first kappa shape index (κ1) is 18.0. The van der Waals surface area contributed by atoms with Gasteiger partial charge in [-0.1, -0.05) is 54.1 Å². The Morgan fingerprint density at radius 2 is 1.58 bits per heavy atom. The number of nitrogens with one attached hydrogen (secondary N) is 2. The first-order chi connectivity index (χ1) is 11.5. The Balaban J connectivity index is 2.02. The van der Waals surface area contributed by atoms with Gasteiger partial charge in [0.2, 0.25) is 11.8 Å². The van der Waals surface area contributed by atoms with Crippen LogP contribution in [0.15, 0.2) is 54.6 Å². The van der Waals surface area contributed by atoms with Gasteiger partial charge in [-0.3, -0.25) is 9.59 Å². The standard InChI is InChI=1S/C19H21ClN2O2/c1-13(15-8-10-17(20)11-9-15)21-19(24)12-18(22-14(2)23)16-6-4-3-5-7-16/h3-11,13,18H,12H2,1-2H3,(H,21,24)(H,22,23)/t13-,18-/m0/s1. The van der Waals surface area contributed by atoms with Crippen LogP contribution in [0.5, 0.6) is 0 Å². The van der Waals surface area contributed by atoms with E-state index in [0.29, 0.717) is 5.02 Å². The van der Waals surface area contributed by atoms with Crippen LogP contribution in [0.25, 0.3) is 0 Å². The lowest BCUT2D eigenvalue weighted by Crippen LogP contribution is -2.33. The highest BCUT2D eigenvalue weighted by Crippen LogP contribution is 2.19. The van der Waals surface area contributed by atoms with Crippen LogP contribution < -0.4 is 10.6 Å². The van der Waals surface area contributed by atoms with Crippen molar-refractivity contribution in [3.8, 4) is 0 Å². The summed E-state index contributed by atoms with van der Waals surface area (Å²) in [4.78, 5) is 23.8. The maximum atomic E-state index is 12.4. The van der Waals surface area contributed by atoms with Gasteiger partial charge in [0.1, 0.15) is 0 Å². The summed E-state index contributed by atoms with van der Waals surface area (Å²) >= 11 is 5.88. The molecular formula is C19H21ClN2O2. The lowest BCUT2D eigenvalue weighted by atomic mass is 10.0. The van der Waals surface area contributed by atoms with Crippen molar-refractivity contribution in [1.29, 1.82) is 0 Å². The molecule has 5 heteroatoms. The van der Waals surface area contributed by atoms with Crippen molar-refractivity contribution in [1.82, 2.24) is 10.6 Å². The Morgan fingerprint density at radius 3 is 2.17 bits per heavy atom. The normalized spacial score (nSPS) is 13.0. The van der Waals surface area contributed by atoms with Crippen molar-refractivity contribution in [2.24, 2.45) is 0 Å². The molecule has 2 N–H and O–H groups in total. The van der Waals surface area contributed by atoms with Gasteiger partial charge in [-0.2, -0.15) is 0 Å². The highest BCUT2D eigenvalue weighted by Gasteiger charge is 2.18. The van der Waals surface area contributed by atoms with E-state index in [1.165, 1.54) is 6.92 Å². The van der Waals surface area contributed by atoms with Crippen molar-refractivity contribution >= 4 is 23.4 Å². The summed E-state index contributed by atoms with van der Waals surface area (Å²) in [6.07, 6.45) is 0.182. The molecule has 2 aromatic rings. The average molecular weight is 345 g/mol. The van der Waals surface area contributed by atoms with Crippen LogP contribution in [0, 0.1) is 0 Å². The third kappa shape index (κ3) is 5.39. The fourth-order valence-corrected chi connectivity index (χ4v) is 2.63. The van der Waals surface area contributed by atoms with Gasteiger partial charge in [0.25, 0.3) is 0 Å². The van der Waals surface area contributed by atoms with Gasteiger partial charge < -0.3 is 10.6 Å². The third-order valence-electron chi connectivity index (χ3n) is 3.72. The summed E-state index contributed by atoms with van der Waals surface area (Å²) in [7, 11) is 0. The number of rotatable bonds is 6. The second-order valence-corrected chi connectivity index (χ2v) is 6.15. The molecule has 4 nitrogen and oxygen atoms in total. The molecule has 0 radical (unpaired) electrons. The molecule has 0 aliphatic rings. The molecular weight excluding hydrogens is 324 g/mol. The molecule has 24 heavy (non-hydrogen) atoms. The molecule has 0 fully saturated rings. The van der Waals surface area contributed by atoms with Crippen molar-refractivity contribution in [2.45, 2.75) is 32.4 Å². The number of hydrogen-bond donors (Lipinski definition) is 2. The topological polar surface area (TPSA) is 58.2 Å². The van der Waals surface area contributed by atoms with Gasteiger partial charge in [0.15, 0.2) is 0 Å². The maximum Gasteiger partial charge on any atom is 0.222 e. The predicted octanol–water partition coefficient (Wildman–Crippen LogP) is 3.78. The summed E-state index contributed by atoms with van der Waals surface area (Å²) in [6.45, 7) is 3.36. The first-order valence-electron chi connectivity index (χ1n) is 7.82. The summed E-state index contributed by atoms with van der Waals surface area (Å²) in [5.74, 6) is -0.289. The SMILES string of the molecule is CC(=O)N[C@@H](CC(=O)N[C@@H](C)c1ccc(Cl)cc1)c1ccccc1. The Morgan fingerprint density at radius 1 is 0.958 bits per heavy atom. The monoisotopic (exact) mass is 344 g/mol. The predicted molar refractivity (Wildman–Crippen MR) is 95.6 cm³/mol. The molecule has 126 valence electrons. The first-order valence-corrected chi connectivity index (χ1v) is 8.20. The zero-order chi connectivity index (χ0) is 17.5. The van der Waals surface area contributed by atoms with Gasteiger partial charge in [-0.25, -0.2) is 0 Å². The van der Waals surface area contributed by atoms with E-state index in [4.69, 9.17) is 11.6 Å². The van der Waals surface area contributed by atoms with Crippen molar-refractivity contribution < 1.29 is 9.59 Å². The molecule has 0 aliphatic carbocycles. The van der Waals surface area contributed by atoms with Crippen LogP contribution in [0.4, 0.5) is 0 Å². The molecule has 0 bridgehead atoms. The molecule has 0 spiro atoms. The summed E-state index contributed by atoms with van der Waals surface area (Å²) in [6, 6.07) is 16.4. The lowest BCUT2D eigenvalue weighted by Gasteiger charge is -2.20. The van der Waals surface area contributed by atoms with E-state index in [2.05, 4.69) is 10.6 Å². The summed E-state index contributed by atoms with van der Waals surface area (Å²) < 4.78 is 0. The molecule has 2 atom stereocenters. The number of hydrogen-bond acceptors (Lipinski definition) is 2. The Hall–Kier alpha value is -2.33. The molecule has 0 unspecified atom stereocenters. The molecule has 2 amide bonds. The van der Waals surface area contributed by atoms with Crippen LogP contribution in [0.2, 0.25) is 5.02 Å². The second kappa shape index (κ2) is 8.50.